The third kappa shape index (κ3) is 5.25. The van der Waals surface area contributed by atoms with Crippen LogP contribution in [0.15, 0.2) is 36.4 Å². The molecule has 0 heterocycles. The summed E-state index contributed by atoms with van der Waals surface area (Å²) in [5, 5.41) is 3.10. The van der Waals surface area contributed by atoms with Gasteiger partial charge in [0.2, 0.25) is 0 Å². The first-order valence-corrected chi connectivity index (χ1v) is 9.49. The van der Waals surface area contributed by atoms with Gasteiger partial charge < -0.3 is 14.8 Å². The third-order valence-electron chi connectivity index (χ3n) is 4.54. The molecule has 0 aromatic heterocycles. The lowest BCUT2D eigenvalue weighted by Crippen LogP contribution is -2.27. The molecule has 146 valence electrons. The van der Waals surface area contributed by atoms with Crippen LogP contribution < -0.4 is 14.8 Å². The first-order chi connectivity index (χ1) is 12.7. The van der Waals surface area contributed by atoms with Crippen molar-refractivity contribution in [2.75, 3.05) is 7.11 Å². The minimum Gasteiger partial charge on any atom is -0.496 e. The van der Waals surface area contributed by atoms with Crippen LogP contribution in [0.5, 0.6) is 11.5 Å². The molecular weight excluding hydrogens is 338 g/mol. The molecule has 4 heteroatoms. The molecule has 0 saturated carbocycles. The van der Waals surface area contributed by atoms with Gasteiger partial charge in [-0.05, 0) is 86.7 Å². The lowest BCUT2D eigenvalue weighted by atomic mass is 9.93. The van der Waals surface area contributed by atoms with E-state index in [0.717, 1.165) is 28.2 Å². The third-order valence-corrected chi connectivity index (χ3v) is 4.54. The molecule has 1 amide bonds. The van der Waals surface area contributed by atoms with E-state index in [2.05, 4.69) is 25.2 Å². The molecule has 0 spiro atoms. The number of carbonyl (C=O) groups is 1. The summed E-state index contributed by atoms with van der Waals surface area (Å²) >= 11 is 0. The van der Waals surface area contributed by atoms with E-state index in [1.807, 2.05) is 45.9 Å². The quantitative estimate of drug-likeness (QED) is 0.710. The fraction of sp³-hybridized carbons (Fsp3) is 0.435. The molecule has 0 radical (unpaired) electrons. The lowest BCUT2D eigenvalue weighted by Gasteiger charge is -2.21. The number of carbonyl (C=O) groups excluding carboxylic acids is 1. The van der Waals surface area contributed by atoms with Crippen molar-refractivity contribution in [1.82, 2.24) is 5.32 Å². The zero-order valence-electron chi connectivity index (χ0n) is 17.4. The Balaban J connectivity index is 2.17. The zero-order chi connectivity index (χ0) is 20.1. The van der Waals surface area contributed by atoms with Crippen LogP contribution in [-0.2, 0) is 0 Å². The molecule has 0 aliphatic carbocycles. The summed E-state index contributed by atoms with van der Waals surface area (Å²) in [5.74, 6) is 1.91. The molecule has 0 unspecified atom stereocenters. The minimum absolute atomic E-state index is 0.0973. The van der Waals surface area contributed by atoms with Crippen molar-refractivity contribution in [3.63, 3.8) is 0 Å². The van der Waals surface area contributed by atoms with Crippen molar-refractivity contribution in [3.8, 4) is 11.5 Å². The number of amides is 1. The fourth-order valence-electron chi connectivity index (χ4n) is 3.13. The Kier molecular flexibility index (Phi) is 6.89. The van der Waals surface area contributed by atoms with Gasteiger partial charge in [0.1, 0.15) is 11.5 Å². The molecule has 4 nitrogen and oxygen atoms in total. The maximum Gasteiger partial charge on any atom is 0.251 e. The van der Waals surface area contributed by atoms with Crippen LogP contribution in [-0.4, -0.2) is 19.1 Å². The average molecular weight is 370 g/mol. The summed E-state index contributed by atoms with van der Waals surface area (Å²) in [6.45, 7) is 12.3. The molecular formula is C23H31NO3. The molecule has 2 aromatic carbocycles. The Bertz CT molecular complexity index is 779. The van der Waals surface area contributed by atoms with E-state index in [1.165, 1.54) is 0 Å². The lowest BCUT2D eigenvalue weighted by molar-refractivity contribution is 0.0940. The summed E-state index contributed by atoms with van der Waals surface area (Å²) in [4.78, 5) is 12.6. The van der Waals surface area contributed by atoms with Gasteiger partial charge in [0, 0.05) is 5.56 Å². The van der Waals surface area contributed by atoms with Gasteiger partial charge in [-0.1, -0.05) is 13.8 Å². The van der Waals surface area contributed by atoms with Gasteiger partial charge in [0.05, 0.1) is 19.3 Å². The highest BCUT2D eigenvalue weighted by molar-refractivity contribution is 5.94. The number of hydrogen-bond acceptors (Lipinski definition) is 3. The second kappa shape index (κ2) is 8.94. The van der Waals surface area contributed by atoms with E-state index in [0.29, 0.717) is 11.5 Å². The highest BCUT2D eigenvalue weighted by atomic mass is 16.5. The fourth-order valence-corrected chi connectivity index (χ4v) is 3.13. The molecule has 0 saturated heterocycles. The Morgan fingerprint density at radius 2 is 1.59 bits per heavy atom. The Morgan fingerprint density at radius 3 is 2.11 bits per heavy atom. The van der Waals surface area contributed by atoms with Crippen LogP contribution >= 0.6 is 0 Å². The van der Waals surface area contributed by atoms with E-state index in [1.54, 1.807) is 19.2 Å². The second-order valence-electron chi connectivity index (χ2n) is 7.49. The normalized spacial score (nSPS) is 12.2. The van der Waals surface area contributed by atoms with Crippen LogP contribution in [0.3, 0.4) is 0 Å². The van der Waals surface area contributed by atoms with Crippen molar-refractivity contribution >= 4 is 5.91 Å². The van der Waals surface area contributed by atoms with Crippen molar-refractivity contribution in [1.29, 1.82) is 0 Å². The van der Waals surface area contributed by atoms with Gasteiger partial charge in [-0.25, -0.2) is 0 Å². The van der Waals surface area contributed by atoms with Crippen LogP contribution in [0.4, 0.5) is 0 Å². The van der Waals surface area contributed by atoms with E-state index in [-0.39, 0.29) is 18.1 Å². The van der Waals surface area contributed by atoms with Gasteiger partial charge in [-0.15, -0.1) is 0 Å². The number of benzene rings is 2. The molecule has 2 rings (SSSR count). The van der Waals surface area contributed by atoms with Gasteiger partial charge >= 0.3 is 0 Å². The number of rotatable bonds is 7. The molecule has 1 N–H and O–H groups in total. The summed E-state index contributed by atoms with van der Waals surface area (Å²) in [6, 6.07) is 11.3. The first kappa shape index (κ1) is 20.8. The number of hydrogen-bond donors (Lipinski definition) is 1. The van der Waals surface area contributed by atoms with E-state index in [9.17, 15) is 4.79 Å². The van der Waals surface area contributed by atoms with Crippen molar-refractivity contribution < 1.29 is 14.3 Å². The minimum atomic E-state index is -0.104. The number of nitrogens with one attached hydrogen (secondary N) is 1. The highest BCUT2D eigenvalue weighted by Crippen LogP contribution is 2.32. The first-order valence-electron chi connectivity index (χ1n) is 9.49. The Labute approximate surface area is 162 Å². The van der Waals surface area contributed by atoms with Crippen molar-refractivity contribution in [3.05, 3.63) is 58.7 Å². The standard InChI is InChI=1S/C23H31NO3/c1-14(2)20-13-21(16(5)12-22(20)26-7)17(6)24-23(25)18-8-10-19(11-9-18)27-15(3)4/h8-15,17H,1-7H3,(H,24,25)/t17-/m1/s1. The smallest absolute Gasteiger partial charge is 0.251 e. The average Bonchev–Trinajstić information content (AvgIpc) is 2.60. The van der Waals surface area contributed by atoms with Crippen LogP contribution in [0.1, 0.15) is 73.6 Å². The Morgan fingerprint density at radius 1 is 0.963 bits per heavy atom. The maximum atomic E-state index is 12.6. The number of aryl methyl sites for hydroxylation is 1. The maximum absolute atomic E-state index is 12.6. The van der Waals surface area contributed by atoms with E-state index < -0.39 is 0 Å². The summed E-state index contributed by atoms with van der Waals surface area (Å²) in [7, 11) is 1.69. The van der Waals surface area contributed by atoms with E-state index in [4.69, 9.17) is 9.47 Å². The molecule has 2 aromatic rings. The van der Waals surface area contributed by atoms with Crippen LogP contribution in [0, 0.1) is 6.92 Å². The van der Waals surface area contributed by atoms with Gasteiger partial charge in [-0.3, -0.25) is 4.79 Å². The molecule has 0 bridgehead atoms. The van der Waals surface area contributed by atoms with Gasteiger partial charge in [-0.2, -0.15) is 0 Å². The predicted molar refractivity (Wildman–Crippen MR) is 110 cm³/mol. The summed E-state index contributed by atoms with van der Waals surface area (Å²) in [6.07, 6.45) is 0.109. The molecule has 0 fully saturated rings. The second-order valence-corrected chi connectivity index (χ2v) is 7.49. The molecule has 1 atom stereocenters. The van der Waals surface area contributed by atoms with Crippen molar-refractivity contribution in [2.24, 2.45) is 0 Å². The molecule has 0 aliphatic heterocycles. The highest BCUT2D eigenvalue weighted by Gasteiger charge is 2.17. The van der Waals surface area contributed by atoms with Gasteiger partial charge in [0.15, 0.2) is 0 Å². The SMILES string of the molecule is COc1cc(C)c([C@@H](C)NC(=O)c2ccc(OC(C)C)cc2)cc1C(C)C. The van der Waals surface area contributed by atoms with Crippen LogP contribution in [0.25, 0.3) is 0 Å². The van der Waals surface area contributed by atoms with E-state index >= 15 is 0 Å². The monoisotopic (exact) mass is 369 g/mol. The predicted octanol–water partition coefficient (Wildman–Crippen LogP) is 5.41. The largest absolute Gasteiger partial charge is 0.496 e. The zero-order valence-corrected chi connectivity index (χ0v) is 17.4. The Hall–Kier alpha value is -2.49. The number of ether oxygens (including phenoxy) is 2. The van der Waals surface area contributed by atoms with Gasteiger partial charge in [0.25, 0.3) is 5.91 Å². The van der Waals surface area contributed by atoms with Crippen molar-refractivity contribution in [2.45, 2.75) is 59.6 Å². The summed E-state index contributed by atoms with van der Waals surface area (Å²) in [5.41, 5.74) is 3.97. The summed E-state index contributed by atoms with van der Waals surface area (Å²) < 4.78 is 11.1. The topological polar surface area (TPSA) is 47.6 Å². The number of methoxy groups -OCH3 is 1. The van der Waals surface area contributed by atoms with Crippen LogP contribution in [0.2, 0.25) is 0 Å². The molecule has 0 aliphatic rings. The molecule has 27 heavy (non-hydrogen) atoms.